The van der Waals surface area contributed by atoms with E-state index in [9.17, 15) is 19.8 Å². The summed E-state index contributed by atoms with van der Waals surface area (Å²) >= 11 is 0. The molecule has 2 rings (SSSR count). The van der Waals surface area contributed by atoms with Gasteiger partial charge in [-0.25, -0.2) is 4.79 Å². The molecule has 0 spiro atoms. The number of β-amino-alcohol motifs (C(OH)–C–C–N with tert-alkyl or cyclic N) is 1. The van der Waals surface area contributed by atoms with E-state index in [0.717, 1.165) is 5.56 Å². The van der Waals surface area contributed by atoms with E-state index in [-0.39, 0.29) is 25.4 Å². The third-order valence-electron chi connectivity index (χ3n) is 3.85. The van der Waals surface area contributed by atoms with Gasteiger partial charge in [-0.1, -0.05) is 30.3 Å². The Hall–Kier alpha value is -2.12. The fourth-order valence-corrected chi connectivity index (χ4v) is 2.67. The van der Waals surface area contributed by atoms with Crippen LogP contribution in [0.25, 0.3) is 0 Å². The lowest BCUT2D eigenvalue weighted by molar-refractivity contribution is -0.134. The van der Waals surface area contributed by atoms with Crippen molar-refractivity contribution in [1.82, 2.24) is 10.2 Å². The minimum Gasteiger partial charge on any atom is -0.444 e. The van der Waals surface area contributed by atoms with E-state index in [1.165, 1.54) is 4.90 Å². The van der Waals surface area contributed by atoms with Crippen molar-refractivity contribution < 1.29 is 24.5 Å². The van der Waals surface area contributed by atoms with Crippen LogP contribution in [-0.2, 0) is 16.1 Å². The van der Waals surface area contributed by atoms with Crippen molar-refractivity contribution in [1.29, 1.82) is 0 Å². The summed E-state index contributed by atoms with van der Waals surface area (Å²) in [5.41, 5.74) is 0.204. The zero-order valence-electron chi connectivity index (χ0n) is 14.8. The van der Waals surface area contributed by atoms with Crippen LogP contribution in [0.2, 0.25) is 0 Å². The summed E-state index contributed by atoms with van der Waals surface area (Å²) in [7, 11) is 0. The number of alkyl carbamates (subject to hydrolysis) is 1. The van der Waals surface area contributed by atoms with E-state index in [2.05, 4.69) is 5.32 Å². The van der Waals surface area contributed by atoms with Crippen molar-refractivity contribution in [3.05, 3.63) is 35.9 Å². The number of rotatable bonds is 3. The van der Waals surface area contributed by atoms with Crippen molar-refractivity contribution in [3.63, 3.8) is 0 Å². The molecule has 3 N–H and O–H groups in total. The number of benzene rings is 1. The van der Waals surface area contributed by atoms with Crippen molar-refractivity contribution in [2.45, 2.75) is 57.6 Å². The quantitative estimate of drug-likeness (QED) is 0.756. The van der Waals surface area contributed by atoms with E-state index in [4.69, 9.17) is 4.74 Å². The lowest BCUT2D eigenvalue weighted by Crippen LogP contribution is -2.49. The first-order valence-corrected chi connectivity index (χ1v) is 8.34. The molecule has 0 aromatic heterocycles. The number of hydrogen-bond donors (Lipinski definition) is 3. The number of likely N-dealkylation sites (tertiary alicyclic amines) is 1. The van der Waals surface area contributed by atoms with Crippen molar-refractivity contribution in [2.75, 3.05) is 6.54 Å². The van der Waals surface area contributed by atoms with Gasteiger partial charge < -0.3 is 25.2 Å². The van der Waals surface area contributed by atoms with Gasteiger partial charge in [0, 0.05) is 19.5 Å². The predicted molar refractivity (Wildman–Crippen MR) is 91.6 cm³/mol. The normalized spacial score (nSPS) is 24.6. The third kappa shape index (κ3) is 5.72. The number of carbonyl (C=O) groups is 2. The molecule has 1 aromatic rings. The maximum Gasteiger partial charge on any atom is 0.408 e. The fraction of sp³-hybridized carbons (Fsp3) is 0.556. The second-order valence-electron chi connectivity index (χ2n) is 7.27. The van der Waals surface area contributed by atoms with Gasteiger partial charge in [0.25, 0.3) is 0 Å². The van der Waals surface area contributed by atoms with Gasteiger partial charge >= 0.3 is 6.09 Å². The number of nitrogens with zero attached hydrogens (tertiary/aromatic N) is 1. The van der Waals surface area contributed by atoms with Crippen molar-refractivity contribution in [3.8, 4) is 0 Å². The summed E-state index contributed by atoms with van der Waals surface area (Å²) in [6, 6.07) is 8.39. The third-order valence-corrected chi connectivity index (χ3v) is 3.85. The summed E-state index contributed by atoms with van der Waals surface area (Å²) in [5.74, 6) is -0.356. The van der Waals surface area contributed by atoms with Gasteiger partial charge in [-0.05, 0) is 26.3 Å². The summed E-state index contributed by atoms with van der Waals surface area (Å²) < 4.78 is 5.18. The molecule has 1 saturated heterocycles. The second kappa shape index (κ2) is 7.84. The largest absolute Gasteiger partial charge is 0.444 e. The van der Waals surface area contributed by atoms with Crippen LogP contribution in [-0.4, -0.2) is 57.5 Å². The maximum atomic E-state index is 12.8. The monoisotopic (exact) mass is 350 g/mol. The van der Waals surface area contributed by atoms with Gasteiger partial charge in [0.1, 0.15) is 11.6 Å². The Morgan fingerprint density at radius 3 is 2.48 bits per heavy atom. The van der Waals surface area contributed by atoms with Crippen LogP contribution in [0.4, 0.5) is 4.79 Å². The van der Waals surface area contributed by atoms with E-state index >= 15 is 0 Å². The number of aliphatic hydroxyl groups is 2. The number of carbonyl (C=O) groups excluding carboxylic acids is 2. The molecular weight excluding hydrogens is 324 g/mol. The molecule has 0 unspecified atom stereocenters. The molecule has 1 aromatic carbocycles. The Balaban J connectivity index is 2.12. The van der Waals surface area contributed by atoms with Crippen LogP contribution in [0, 0.1) is 0 Å². The van der Waals surface area contributed by atoms with Gasteiger partial charge in [0.2, 0.25) is 5.91 Å². The van der Waals surface area contributed by atoms with E-state index < -0.39 is 29.9 Å². The average molecular weight is 350 g/mol. The summed E-state index contributed by atoms with van der Waals surface area (Å²) in [5, 5.41) is 22.6. The number of ether oxygens (including phenoxy) is 1. The molecule has 0 radical (unpaired) electrons. The van der Waals surface area contributed by atoms with Gasteiger partial charge in [-0.3, -0.25) is 4.79 Å². The lowest BCUT2D eigenvalue weighted by Gasteiger charge is -2.26. The molecule has 3 atom stereocenters. The number of amides is 2. The standard InChI is InChI=1S/C18H26N2O5/c1-18(2,3)25-17(24)19-13-9-14(21)15(22)11-20(16(13)23)10-12-7-5-4-6-8-12/h4-8,13-15,21-22H,9-11H2,1-3H3,(H,19,24)/t13-,14+,15-/m1/s1. The molecule has 25 heavy (non-hydrogen) atoms. The summed E-state index contributed by atoms with van der Waals surface area (Å²) in [6.45, 7) is 5.46. The van der Waals surface area contributed by atoms with Gasteiger partial charge in [0.15, 0.2) is 0 Å². The Morgan fingerprint density at radius 2 is 1.88 bits per heavy atom. The van der Waals surface area contributed by atoms with Crippen LogP contribution in [0.15, 0.2) is 30.3 Å². The Morgan fingerprint density at radius 1 is 1.24 bits per heavy atom. The minimum absolute atomic E-state index is 0.00138. The maximum absolute atomic E-state index is 12.8. The minimum atomic E-state index is -1.11. The van der Waals surface area contributed by atoms with Crippen LogP contribution in [0.3, 0.4) is 0 Å². The highest BCUT2D eigenvalue weighted by atomic mass is 16.6. The molecule has 2 amide bonds. The van der Waals surface area contributed by atoms with Crippen molar-refractivity contribution in [2.24, 2.45) is 0 Å². The van der Waals surface area contributed by atoms with Gasteiger partial charge in [-0.2, -0.15) is 0 Å². The lowest BCUT2D eigenvalue weighted by atomic mass is 10.1. The molecule has 0 saturated carbocycles. The molecule has 0 bridgehead atoms. The highest BCUT2D eigenvalue weighted by Gasteiger charge is 2.36. The molecule has 0 aliphatic carbocycles. The average Bonchev–Trinajstić information content (AvgIpc) is 2.59. The number of nitrogens with one attached hydrogen (secondary N) is 1. The highest BCUT2D eigenvalue weighted by molar-refractivity contribution is 5.86. The predicted octanol–water partition coefficient (Wildman–Crippen LogP) is 1.03. The second-order valence-corrected chi connectivity index (χ2v) is 7.27. The number of hydrogen-bond acceptors (Lipinski definition) is 5. The fourth-order valence-electron chi connectivity index (χ4n) is 2.67. The molecule has 1 heterocycles. The molecule has 7 nitrogen and oxygen atoms in total. The summed E-state index contributed by atoms with van der Waals surface area (Å²) in [6.07, 6.45) is -2.97. The van der Waals surface area contributed by atoms with Crippen molar-refractivity contribution >= 4 is 12.0 Å². The molecule has 1 fully saturated rings. The van der Waals surface area contributed by atoms with Crippen LogP contribution in [0.5, 0.6) is 0 Å². The Kier molecular flexibility index (Phi) is 6.02. The first-order chi connectivity index (χ1) is 11.7. The van der Waals surface area contributed by atoms with E-state index in [0.29, 0.717) is 0 Å². The van der Waals surface area contributed by atoms with Gasteiger partial charge in [-0.15, -0.1) is 0 Å². The molecule has 7 heteroatoms. The first-order valence-electron chi connectivity index (χ1n) is 8.34. The molecular formula is C18H26N2O5. The summed E-state index contributed by atoms with van der Waals surface area (Å²) in [4.78, 5) is 26.2. The number of aliphatic hydroxyl groups excluding tert-OH is 2. The first kappa shape index (κ1) is 19.2. The SMILES string of the molecule is CC(C)(C)OC(=O)N[C@@H]1C[C@H](O)[C@H](O)CN(Cc2ccccc2)C1=O. The Labute approximate surface area is 147 Å². The molecule has 1 aliphatic rings. The van der Waals surface area contributed by atoms with Crippen LogP contribution in [0.1, 0.15) is 32.8 Å². The highest BCUT2D eigenvalue weighted by Crippen LogP contribution is 2.17. The zero-order valence-corrected chi connectivity index (χ0v) is 14.8. The molecule has 1 aliphatic heterocycles. The van der Waals surface area contributed by atoms with Crippen LogP contribution >= 0.6 is 0 Å². The topological polar surface area (TPSA) is 99.1 Å². The molecule has 138 valence electrons. The zero-order chi connectivity index (χ0) is 18.6. The van der Waals surface area contributed by atoms with Gasteiger partial charge in [0.05, 0.1) is 12.2 Å². The van der Waals surface area contributed by atoms with E-state index in [1.807, 2.05) is 30.3 Å². The smallest absolute Gasteiger partial charge is 0.408 e. The Bertz CT molecular complexity index is 599. The van der Waals surface area contributed by atoms with Crippen LogP contribution < -0.4 is 5.32 Å². The van der Waals surface area contributed by atoms with E-state index in [1.54, 1.807) is 20.8 Å².